The predicted molar refractivity (Wildman–Crippen MR) is 90.0 cm³/mol. The second-order valence-corrected chi connectivity index (χ2v) is 5.06. The Labute approximate surface area is 137 Å². The van der Waals surface area contributed by atoms with E-state index in [1.165, 1.54) is 20.3 Å². The van der Waals surface area contributed by atoms with Crippen molar-refractivity contribution in [3.05, 3.63) is 64.5 Å². The van der Waals surface area contributed by atoms with E-state index in [1.54, 1.807) is 42.5 Å². The highest BCUT2D eigenvalue weighted by molar-refractivity contribution is 6.05. The molecule has 6 heteroatoms. The fraction of sp³-hybridized carbons (Fsp3) is 0.111. The van der Waals surface area contributed by atoms with Crippen molar-refractivity contribution < 1.29 is 18.7 Å². The molecule has 3 aromatic rings. The van der Waals surface area contributed by atoms with Crippen LogP contribution in [-0.2, 0) is 0 Å². The summed E-state index contributed by atoms with van der Waals surface area (Å²) in [7, 11) is 3.04. The summed E-state index contributed by atoms with van der Waals surface area (Å²) in [6.07, 6.45) is 0. The maximum absolute atomic E-state index is 12.4. The zero-order chi connectivity index (χ0) is 17.1. The minimum absolute atomic E-state index is 0.302. The second kappa shape index (κ2) is 6.45. The molecule has 122 valence electrons. The Balaban J connectivity index is 1.89. The molecule has 6 nitrogen and oxygen atoms in total. The molecule has 0 bridgehead atoms. The smallest absolute Gasteiger partial charge is 0.336 e. The van der Waals surface area contributed by atoms with Crippen LogP contribution in [0.5, 0.6) is 11.5 Å². The summed E-state index contributed by atoms with van der Waals surface area (Å²) in [6.45, 7) is 0. The third kappa shape index (κ3) is 3.22. The molecular formula is C18H15NO5. The van der Waals surface area contributed by atoms with Crippen LogP contribution in [0.3, 0.4) is 0 Å². The van der Waals surface area contributed by atoms with Crippen molar-refractivity contribution in [3.8, 4) is 11.5 Å². The van der Waals surface area contributed by atoms with Gasteiger partial charge in [0.2, 0.25) is 0 Å². The average molecular weight is 325 g/mol. The molecule has 1 heterocycles. The highest BCUT2D eigenvalue weighted by Crippen LogP contribution is 2.24. The van der Waals surface area contributed by atoms with Crippen molar-refractivity contribution in [1.29, 1.82) is 0 Å². The monoisotopic (exact) mass is 325 g/mol. The van der Waals surface area contributed by atoms with Gasteiger partial charge in [-0.15, -0.1) is 0 Å². The van der Waals surface area contributed by atoms with Crippen LogP contribution in [0.4, 0.5) is 5.69 Å². The van der Waals surface area contributed by atoms with Gasteiger partial charge >= 0.3 is 5.63 Å². The molecule has 1 aromatic heterocycles. The number of rotatable bonds is 4. The van der Waals surface area contributed by atoms with Crippen LogP contribution in [-0.4, -0.2) is 20.1 Å². The van der Waals surface area contributed by atoms with Crippen LogP contribution < -0.4 is 20.4 Å². The quantitative estimate of drug-likeness (QED) is 0.746. The molecule has 0 saturated heterocycles. The lowest BCUT2D eigenvalue weighted by atomic mass is 10.1. The number of ether oxygens (including phenoxy) is 2. The molecule has 3 rings (SSSR count). The Morgan fingerprint density at radius 1 is 0.958 bits per heavy atom. The van der Waals surface area contributed by atoms with Gasteiger partial charge in [0.1, 0.15) is 17.1 Å². The van der Waals surface area contributed by atoms with Gasteiger partial charge in [-0.25, -0.2) is 4.79 Å². The summed E-state index contributed by atoms with van der Waals surface area (Å²) in [5.41, 5.74) is 1.04. The fourth-order valence-electron chi connectivity index (χ4n) is 2.29. The Bertz CT molecular complexity index is 939. The van der Waals surface area contributed by atoms with Crippen LogP contribution in [0.25, 0.3) is 11.0 Å². The van der Waals surface area contributed by atoms with Crippen molar-refractivity contribution in [3.63, 3.8) is 0 Å². The van der Waals surface area contributed by atoms with Gasteiger partial charge in [-0.2, -0.15) is 0 Å². The molecule has 2 aromatic carbocycles. The molecule has 0 unspecified atom stereocenters. The van der Waals surface area contributed by atoms with Crippen LogP contribution in [0, 0.1) is 0 Å². The van der Waals surface area contributed by atoms with E-state index in [2.05, 4.69) is 5.32 Å². The van der Waals surface area contributed by atoms with E-state index in [-0.39, 0.29) is 5.91 Å². The lowest BCUT2D eigenvalue weighted by Crippen LogP contribution is -2.12. The van der Waals surface area contributed by atoms with Crippen molar-refractivity contribution in [2.24, 2.45) is 0 Å². The summed E-state index contributed by atoms with van der Waals surface area (Å²) < 4.78 is 15.4. The Morgan fingerprint density at radius 3 is 2.33 bits per heavy atom. The standard InChI is InChI=1S/C18H15NO5/c1-22-14-8-12(9-15(10-14)23-2)18(21)19-13-4-5-16-11(7-13)3-6-17(20)24-16/h3-10H,1-2H3,(H,19,21). The molecular weight excluding hydrogens is 310 g/mol. The molecule has 0 aliphatic carbocycles. The molecule has 0 fully saturated rings. The number of hydrogen-bond donors (Lipinski definition) is 1. The van der Waals surface area contributed by atoms with Crippen LogP contribution in [0.2, 0.25) is 0 Å². The maximum atomic E-state index is 12.4. The van der Waals surface area contributed by atoms with Gasteiger partial charge in [0.25, 0.3) is 5.91 Å². The maximum Gasteiger partial charge on any atom is 0.336 e. The Hall–Kier alpha value is -3.28. The van der Waals surface area contributed by atoms with E-state index in [0.717, 1.165) is 5.39 Å². The highest BCUT2D eigenvalue weighted by atomic mass is 16.5. The predicted octanol–water partition coefficient (Wildman–Crippen LogP) is 3.06. The molecule has 0 saturated carbocycles. The van der Waals surface area contributed by atoms with E-state index in [9.17, 15) is 9.59 Å². The van der Waals surface area contributed by atoms with Crippen LogP contribution in [0.15, 0.2) is 57.7 Å². The molecule has 1 N–H and O–H groups in total. The number of fused-ring (bicyclic) bond motifs is 1. The average Bonchev–Trinajstić information content (AvgIpc) is 2.61. The molecule has 24 heavy (non-hydrogen) atoms. The van der Waals surface area contributed by atoms with Gasteiger partial charge in [-0.3, -0.25) is 4.79 Å². The molecule has 0 atom stereocenters. The molecule has 0 spiro atoms. The van der Waals surface area contributed by atoms with Gasteiger partial charge in [-0.05, 0) is 36.4 Å². The topological polar surface area (TPSA) is 77.8 Å². The first kappa shape index (κ1) is 15.6. The number of carbonyl (C=O) groups is 1. The Kier molecular flexibility index (Phi) is 4.20. The number of nitrogens with one attached hydrogen (secondary N) is 1. The summed E-state index contributed by atoms with van der Waals surface area (Å²) in [5, 5.41) is 3.52. The zero-order valence-electron chi connectivity index (χ0n) is 13.2. The summed E-state index contributed by atoms with van der Waals surface area (Å²) in [5.74, 6) is 0.753. The first-order valence-electron chi connectivity index (χ1n) is 7.17. The number of benzene rings is 2. The number of hydrogen-bond acceptors (Lipinski definition) is 5. The molecule has 0 aliphatic heterocycles. The van der Waals surface area contributed by atoms with E-state index in [0.29, 0.717) is 28.3 Å². The Morgan fingerprint density at radius 2 is 1.67 bits per heavy atom. The van der Waals surface area contributed by atoms with Gasteiger partial charge in [0, 0.05) is 28.8 Å². The van der Waals surface area contributed by atoms with Gasteiger partial charge in [0.15, 0.2) is 0 Å². The number of carbonyl (C=O) groups excluding carboxylic acids is 1. The lowest BCUT2D eigenvalue weighted by Gasteiger charge is -2.09. The summed E-state index contributed by atoms with van der Waals surface area (Å²) in [4.78, 5) is 23.6. The minimum Gasteiger partial charge on any atom is -0.497 e. The SMILES string of the molecule is COc1cc(OC)cc(C(=O)Nc2ccc3oc(=O)ccc3c2)c1. The third-order valence-corrected chi connectivity index (χ3v) is 3.49. The van der Waals surface area contributed by atoms with Crippen molar-refractivity contribution in [2.75, 3.05) is 19.5 Å². The number of methoxy groups -OCH3 is 2. The third-order valence-electron chi connectivity index (χ3n) is 3.49. The molecule has 1 amide bonds. The zero-order valence-corrected chi connectivity index (χ0v) is 13.2. The molecule has 0 radical (unpaired) electrons. The summed E-state index contributed by atoms with van der Waals surface area (Å²) >= 11 is 0. The first-order chi connectivity index (χ1) is 11.6. The van der Waals surface area contributed by atoms with E-state index >= 15 is 0 Å². The van der Waals surface area contributed by atoms with Crippen molar-refractivity contribution in [1.82, 2.24) is 0 Å². The van der Waals surface area contributed by atoms with Crippen molar-refractivity contribution in [2.45, 2.75) is 0 Å². The van der Waals surface area contributed by atoms with E-state index in [1.807, 2.05) is 0 Å². The normalized spacial score (nSPS) is 10.4. The van der Waals surface area contributed by atoms with E-state index in [4.69, 9.17) is 13.9 Å². The minimum atomic E-state index is -0.414. The second-order valence-electron chi connectivity index (χ2n) is 5.06. The number of amides is 1. The fourth-order valence-corrected chi connectivity index (χ4v) is 2.29. The molecule has 0 aliphatic rings. The summed E-state index contributed by atoms with van der Waals surface area (Å²) in [6, 6.07) is 12.9. The number of anilines is 1. The highest BCUT2D eigenvalue weighted by Gasteiger charge is 2.11. The largest absolute Gasteiger partial charge is 0.497 e. The van der Waals surface area contributed by atoms with Gasteiger partial charge in [-0.1, -0.05) is 0 Å². The van der Waals surface area contributed by atoms with Gasteiger partial charge < -0.3 is 19.2 Å². The van der Waals surface area contributed by atoms with Crippen LogP contribution >= 0.6 is 0 Å². The van der Waals surface area contributed by atoms with Crippen LogP contribution in [0.1, 0.15) is 10.4 Å². The first-order valence-corrected chi connectivity index (χ1v) is 7.17. The van der Waals surface area contributed by atoms with E-state index < -0.39 is 5.63 Å². The van der Waals surface area contributed by atoms with Crippen molar-refractivity contribution >= 4 is 22.6 Å². The lowest BCUT2D eigenvalue weighted by molar-refractivity contribution is 0.102. The van der Waals surface area contributed by atoms with Gasteiger partial charge in [0.05, 0.1) is 14.2 Å².